The summed E-state index contributed by atoms with van der Waals surface area (Å²) in [6.07, 6.45) is -3.24. The van der Waals surface area contributed by atoms with Crippen molar-refractivity contribution in [2.24, 2.45) is 0 Å². The molecule has 20 heavy (non-hydrogen) atoms. The van der Waals surface area contributed by atoms with E-state index in [1.807, 2.05) is 0 Å². The van der Waals surface area contributed by atoms with Gasteiger partial charge in [-0.25, -0.2) is 0 Å². The van der Waals surface area contributed by atoms with Crippen molar-refractivity contribution < 1.29 is 33.3 Å². The van der Waals surface area contributed by atoms with Gasteiger partial charge in [-0.1, -0.05) is 0 Å². The standard InChI is InChI=1S/C13H20O7/c1-6-9(17-7(2)14)10(18-8(3)15)11-12(16-6)20-13(4,5)19-11/h6,9-12H,1-5H3/t6?,9-,10?,11-,12-/m0/s1. The number of hydrogen-bond donors (Lipinski definition) is 0. The summed E-state index contributed by atoms with van der Waals surface area (Å²) in [6.45, 7) is 7.80. The van der Waals surface area contributed by atoms with Crippen LogP contribution in [0.3, 0.4) is 0 Å². The monoisotopic (exact) mass is 288 g/mol. The van der Waals surface area contributed by atoms with Crippen molar-refractivity contribution in [1.29, 1.82) is 0 Å². The minimum Gasteiger partial charge on any atom is -0.456 e. The van der Waals surface area contributed by atoms with Crippen LogP contribution in [0.25, 0.3) is 0 Å². The number of esters is 2. The fourth-order valence-corrected chi connectivity index (χ4v) is 2.51. The fraction of sp³-hybridized carbons (Fsp3) is 0.846. The molecule has 7 heteroatoms. The lowest BCUT2D eigenvalue weighted by Crippen LogP contribution is -2.58. The summed E-state index contributed by atoms with van der Waals surface area (Å²) >= 11 is 0. The van der Waals surface area contributed by atoms with Crippen molar-refractivity contribution in [2.75, 3.05) is 0 Å². The first-order valence-electron chi connectivity index (χ1n) is 6.55. The van der Waals surface area contributed by atoms with Crippen LogP contribution in [0.15, 0.2) is 0 Å². The normalized spacial score (nSPS) is 39.0. The Hall–Kier alpha value is -1.18. The van der Waals surface area contributed by atoms with Crippen molar-refractivity contribution in [3.8, 4) is 0 Å². The molecule has 0 aromatic heterocycles. The van der Waals surface area contributed by atoms with E-state index in [4.69, 9.17) is 23.7 Å². The van der Waals surface area contributed by atoms with Gasteiger partial charge >= 0.3 is 11.9 Å². The van der Waals surface area contributed by atoms with Gasteiger partial charge in [0, 0.05) is 13.8 Å². The van der Waals surface area contributed by atoms with Gasteiger partial charge in [0.1, 0.15) is 0 Å². The quantitative estimate of drug-likeness (QED) is 0.693. The highest BCUT2D eigenvalue weighted by Gasteiger charge is 2.56. The molecule has 2 heterocycles. The molecule has 0 bridgehead atoms. The van der Waals surface area contributed by atoms with Crippen molar-refractivity contribution in [1.82, 2.24) is 0 Å². The molecule has 2 rings (SSSR count). The molecule has 2 saturated heterocycles. The Kier molecular flexibility index (Phi) is 4.04. The molecule has 0 aliphatic carbocycles. The average molecular weight is 288 g/mol. The molecule has 2 aliphatic heterocycles. The largest absolute Gasteiger partial charge is 0.456 e. The topological polar surface area (TPSA) is 80.3 Å². The van der Waals surface area contributed by atoms with E-state index in [1.54, 1.807) is 20.8 Å². The average Bonchev–Trinajstić information content (AvgIpc) is 2.56. The van der Waals surface area contributed by atoms with E-state index < -0.39 is 48.4 Å². The molecule has 5 atom stereocenters. The van der Waals surface area contributed by atoms with E-state index >= 15 is 0 Å². The van der Waals surface area contributed by atoms with Crippen LogP contribution in [0.5, 0.6) is 0 Å². The first-order valence-corrected chi connectivity index (χ1v) is 6.55. The summed E-state index contributed by atoms with van der Waals surface area (Å²) in [5, 5.41) is 0. The summed E-state index contributed by atoms with van der Waals surface area (Å²) in [5.41, 5.74) is 0. The number of hydrogen-bond acceptors (Lipinski definition) is 7. The number of fused-ring (bicyclic) bond motifs is 1. The SMILES string of the molecule is CC(=O)OC1[C@@H](OC(C)=O)C(C)O[C@H]2OC(C)(C)O[C@@H]12. The first kappa shape index (κ1) is 15.2. The summed E-state index contributed by atoms with van der Waals surface area (Å²) in [6, 6.07) is 0. The van der Waals surface area contributed by atoms with E-state index in [2.05, 4.69) is 0 Å². The Bertz CT molecular complexity index is 406. The Morgan fingerprint density at radius 3 is 2.10 bits per heavy atom. The Morgan fingerprint density at radius 1 is 1.00 bits per heavy atom. The molecule has 0 aromatic rings. The molecule has 0 saturated carbocycles. The zero-order valence-corrected chi connectivity index (χ0v) is 12.2. The summed E-state index contributed by atoms with van der Waals surface area (Å²) in [5.74, 6) is -1.80. The number of ether oxygens (including phenoxy) is 5. The lowest BCUT2D eigenvalue weighted by atomic mass is 9.99. The fourth-order valence-electron chi connectivity index (χ4n) is 2.51. The molecule has 0 N–H and O–H groups in total. The molecular formula is C13H20O7. The Morgan fingerprint density at radius 2 is 1.55 bits per heavy atom. The summed E-state index contributed by atoms with van der Waals surface area (Å²) in [7, 11) is 0. The van der Waals surface area contributed by atoms with E-state index in [9.17, 15) is 9.59 Å². The maximum Gasteiger partial charge on any atom is 0.303 e. The maximum absolute atomic E-state index is 11.3. The van der Waals surface area contributed by atoms with Crippen LogP contribution in [0.2, 0.25) is 0 Å². The minimum atomic E-state index is -0.849. The van der Waals surface area contributed by atoms with Crippen molar-refractivity contribution >= 4 is 11.9 Å². The van der Waals surface area contributed by atoms with Gasteiger partial charge in [-0.3, -0.25) is 9.59 Å². The second-order valence-electron chi connectivity index (χ2n) is 5.46. The van der Waals surface area contributed by atoms with Crippen LogP contribution >= 0.6 is 0 Å². The van der Waals surface area contributed by atoms with Crippen LogP contribution in [-0.4, -0.2) is 48.4 Å². The van der Waals surface area contributed by atoms with Crippen LogP contribution < -0.4 is 0 Å². The maximum atomic E-state index is 11.3. The van der Waals surface area contributed by atoms with Crippen LogP contribution in [0.1, 0.15) is 34.6 Å². The Labute approximate surface area is 117 Å². The summed E-state index contributed by atoms with van der Waals surface area (Å²) < 4.78 is 27.5. The molecule has 2 fully saturated rings. The van der Waals surface area contributed by atoms with Crippen molar-refractivity contribution in [3.05, 3.63) is 0 Å². The van der Waals surface area contributed by atoms with Gasteiger partial charge in [0.15, 0.2) is 30.4 Å². The number of rotatable bonds is 2. The van der Waals surface area contributed by atoms with E-state index in [1.165, 1.54) is 13.8 Å². The molecule has 0 radical (unpaired) electrons. The van der Waals surface area contributed by atoms with E-state index in [0.717, 1.165) is 0 Å². The molecule has 114 valence electrons. The predicted molar refractivity (Wildman–Crippen MR) is 65.5 cm³/mol. The molecular weight excluding hydrogens is 268 g/mol. The molecule has 2 aliphatic rings. The molecule has 0 amide bonds. The molecule has 0 spiro atoms. The van der Waals surface area contributed by atoms with E-state index in [0.29, 0.717) is 0 Å². The van der Waals surface area contributed by atoms with Crippen LogP contribution in [0, 0.1) is 0 Å². The third-order valence-electron chi connectivity index (χ3n) is 3.15. The zero-order valence-electron chi connectivity index (χ0n) is 12.2. The van der Waals surface area contributed by atoms with E-state index in [-0.39, 0.29) is 0 Å². The molecule has 2 unspecified atom stereocenters. The third kappa shape index (κ3) is 3.11. The second kappa shape index (κ2) is 5.31. The number of carbonyl (C=O) groups excluding carboxylic acids is 2. The van der Waals surface area contributed by atoms with Gasteiger partial charge in [-0.2, -0.15) is 0 Å². The molecule has 0 aromatic carbocycles. The predicted octanol–water partition coefficient (Wildman–Crippen LogP) is 0.746. The third-order valence-corrected chi connectivity index (χ3v) is 3.15. The Balaban J connectivity index is 2.24. The minimum absolute atomic E-state index is 0.470. The highest BCUT2D eigenvalue weighted by Crippen LogP contribution is 2.38. The zero-order chi connectivity index (χ0) is 15.1. The van der Waals surface area contributed by atoms with Gasteiger partial charge in [0.05, 0.1) is 6.10 Å². The number of carbonyl (C=O) groups is 2. The van der Waals surface area contributed by atoms with Crippen LogP contribution in [-0.2, 0) is 33.3 Å². The lowest BCUT2D eigenvalue weighted by Gasteiger charge is -2.39. The van der Waals surface area contributed by atoms with Gasteiger partial charge in [0.2, 0.25) is 0 Å². The van der Waals surface area contributed by atoms with Gasteiger partial charge in [-0.05, 0) is 20.8 Å². The van der Waals surface area contributed by atoms with Gasteiger partial charge < -0.3 is 23.7 Å². The second-order valence-corrected chi connectivity index (χ2v) is 5.46. The lowest BCUT2D eigenvalue weighted by molar-refractivity contribution is -0.255. The van der Waals surface area contributed by atoms with Gasteiger partial charge in [-0.15, -0.1) is 0 Å². The molecule has 7 nitrogen and oxygen atoms in total. The highest BCUT2D eigenvalue weighted by molar-refractivity contribution is 5.67. The van der Waals surface area contributed by atoms with Gasteiger partial charge in [0.25, 0.3) is 0 Å². The van der Waals surface area contributed by atoms with Crippen molar-refractivity contribution in [2.45, 2.75) is 71.1 Å². The summed E-state index contributed by atoms with van der Waals surface area (Å²) in [4.78, 5) is 22.5. The highest BCUT2D eigenvalue weighted by atomic mass is 16.8. The first-order chi connectivity index (χ1) is 9.19. The van der Waals surface area contributed by atoms with Crippen molar-refractivity contribution in [3.63, 3.8) is 0 Å². The smallest absolute Gasteiger partial charge is 0.303 e. The van der Waals surface area contributed by atoms with Crippen LogP contribution in [0.4, 0.5) is 0 Å².